The number of Topliss-reactive ketones (excluding diaryl/α,β-unsaturated/α-hetero) is 1. The van der Waals surface area contributed by atoms with Crippen molar-refractivity contribution >= 4 is 21.6 Å². The predicted octanol–water partition coefficient (Wildman–Crippen LogP) is 0.938. The molecular weight excluding hydrogens is 308 g/mol. The Morgan fingerprint density at radius 2 is 2.18 bits per heavy atom. The number of carbonyl (C=O) groups excluding carboxylic acids is 2. The fourth-order valence-electron chi connectivity index (χ4n) is 3.16. The molecule has 1 aromatic heterocycles. The molecular formula is C14H18N2O5S. The Bertz CT molecular complexity index is 735. The van der Waals surface area contributed by atoms with E-state index in [4.69, 9.17) is 4.74 Å². The number of carbonyl (C=O) groups is 2. The van der Waals surface area contributed by atoms with Crippen LogP contribution in [0.1, 0.15) is 58.8 Å². The van der Waals surface area contributed by atoms with Crippen LogP contribution >= 0.6 is 0 Å². The summed E-state index contributed by atoms with van der Waals surface area (Å²) in [7, 11) is -3.07. The Morgan fingerprint density at radius 3 is 2.82 bits per heavy atom. The molecule has 1 aliphatic heterocycles. The van der Waals surface area contributed by atoms with Gasteiger partial charge in [-0.05, 0) is 26.2 Å². The average molecular weight is 326 g/mol. The smallest absolute Gasteiger partial charge is 0.359 e. The molecule has 0 amide bonds. The zero-order valence-corrected chi connectivity index (χ0v) is 13.2. The zero-order chi connectivity index (χ0) is 15.9. The second-order valence-corrected chi connectivity index (χ2v) is 7.90. The van der Waals surface area contributed by atoms with Crippen LogP contribution < -0.4 is 0 Å². The molecule has 0 aromatic carbocycles. The van der Waals surface area contributed by atoms with Gasteiger partial charge in [-0.3, -0.25) is 9.48 Å². The molecule has 22 heavy (non-hydrogen) atoms. The molecule has 3 rings (SSSR count). The number of hydrogen-bond acceptors (Lipinski definition) is 6. The third kappa shape index (κ3) is 2.55. The van der Waals surface area contributed by atoms with E-state index in [9.17, 15) is 18.0 Å². The topological polar surface area (TPSA) is 95.3 Å². The standard InChI is InChI=1S/C14H18N2O5S/c1-2-21-14(18)13-12-10(4-3-5-11(12)17)16(15-13)9-6-7-22(19,20)8-9/h9H,2-8H2,1H3. The normalized spacial score (nSPS) is 23.3. The van der Waals surface area contributed by atoms with E-state index in [1.165, 1.54) is 0 Å². The summed E-state index contributed by atoms with van der Waals surface area (Å²) in [5, 5.41) is 4.27. The average Bonchev–Trinajstić information content (AvgIpc) is 3.00. The van der Waals surface area contributed by atoms with Crippen LogP contribution in [0.25, 0.3) is 0 Å². The molecule has 8 heteroatoms. The summed E-state index contributed by atoms with van der Waals surface area (Å²) < 4.78 is 29.9. The predicted molar refractivity (Wildman–Crippen MR) is 77.8 cm³/mol. The molecule has 7 nitrogen and oxygen atoms in total. The van der Waals surface area contributed by atoms with E-state index in [1.807, 2.05) is 0 Å². The number of aromatic nitrogens is 2. The quantitative estimate of drug-likeness (QED) is 0.767. The van der Waals surface area contributed by atoms with E-state index in [2.05, 4.69) is 5.10 Å². The Morgan fingerprint density at radius 1 is 1.41 bits per heavy atom. The first-order valence-corrected chi connectivity index (χ1v) is 9.27. The third-order valence-electron chi connectivity index (χ3n) is 4.13. The van der Waals surface area contributed by atoms with Crippen LogP contribution in [0.2, 0.25) is 0 Å². The van der Waals surface area contributed by atoms with E-state index in [0.717, 1.165) is 0 Å². The summed E-state index contributed by atoms with van der Waals surface area (Å²) in [6, 6.07) is -0.298. The highest BCUT2D eigenvalue weighted by atomic mass is 32.2. The highest BCUT2D eigenvalue weighted by Crippen LogP contribution is 2.31. The molecule has 1 aliphatic carbocycles. The summed E-state index contributed by atoms with van der Waals surface area (Å²) in [4.78, 5) is 24.2. The van der Waals surface area contributed by atoms with Gasteiger partial charge in [0.05, 0.1) is 35.4 Å². The Hall–Kier alpha value is -1.70. The van der Waals surface area contributed by atoms with Crippen molar-refractivity contribution in [3.05, 3.63) is 17.0 Å². The third-order valence-corrected chi connectivity index (χ3v) is 5.88. The highest BCUT2D eigenvalue weighted by Gasteiger charge is 2.36. The molecule has 0 spiro atoms. The molecule has 120 valence electrons. The molecule has 0 N–H and O–H groups in total. The summed E-state index contributed by atoms with van der Waals surface area (Å²) in [5.41, 5.74) is 1.04. The lowest BCUT2D eigenvalue weighted by atomic mass is 9.94. The molecule has 1 atom stereocenters. The lowest BCUT2D eigenvalue weighted by molar-refractivity contribution is 0.0515. The largest absolute Gasteiger partial charge is 0.461 e. The first-order chi connectivity index (χ1) is 10.4. The van der Waals surface area contributed by atoms with Gasteiger partial charge in [-0.1, -0.05) is 0 Å². The number of hydrogen-bond donors (Lipinski definition) is 0. The fraction of sp³-hybridized carbons (Fsp3) is 0.643. The van der Waals surface area contributed by atoms with Gasteiger partial charge >= 0.3 is 5.97 Å². The Balaban J connectivity index is 2.06. The number of esters is 1. The van der Waals surface area contributed by atoms with E-state index < -0.39 is 15.8 Å². The van der Waals surface area contributed by atoms with Crippen molar-refractivity contribution in [1.29, 1.82) is 0 Å². The Labute approximate surface area is 128 Å². The minimum absolute atomic E-state index is 0.0115. The van der Waals surface area contributed by atoms with Crippen LogP contribution in [0.4, 0.5) is 0 Å². The molecule has 0 radical (unpaired) electrons. The first-order valence-electron chi connectivity index (χ1n) is 7.45. The molecule has 2 aliphatic rings. The van der Waals surface area contributed by atoms with Crippen LogP contribution in [-0.2, 0) is 21.0 Å². The second-order valence-electron chi connectivity index (χ2n) is 5.67. The summed E-state index contributed by atoms with van der Waals surface area (Å²) in [6.45, 7) is 1.89. The van der Waals surface area contributed by atoms with E-state index in [1.54, 1.807) is 11.6 Å². The van der Waals surface area contributed by atoms with Gasteiger partial charge in [0.25, 0.3) is 0 Å². The van der Waals surface area contributed by atoms with Crippen molar-refractivity contribution in [1.82, 2.24) is 9.78 Å². The van der Waals surface area contributed by atoms with Crippen LogP contribution in [0.3, 0.4) is 0 Å². The number of ether oxygens (including phenoxy) is 1. The number of rotatable bonds is 3. The van der Waals surface area contributed by atoms with Crippen molar-refractivity contribution in [3.8, 4) is 0 Å². The number of ketones is 1. The molecule has 0 saturated carbocycles. The van der Waals surface area contributed by atoms with Crippen LogP contribution in [0.15, 0.2) is 0 Å². The summed E-state index contributed by atoms with van der Waals surface area (Å²) in [5.74, 6) is -0.600. The van der Waals surface area contributed by atoms with E-state index >= 15 is 0 Å². The van der Waals surface area contributed by atoms with Gasteiger partial charge in [-0.15, -0.1) is 0 Å². The number of fused-ring (bicyclic) bond motifs is 1. The SMILES string of the molecule is CCOC(=O)c1nn(C2CCS(=O)(=O)C2)c2c1C(=O)CCC2. The molecule has 1 saturated heterocycles. The number of nitrogens with zero attached hydrogens (tertiary/aromatic N) is 2. The van der Waals surface area contributed by atoms with Gasteiger partial charge in [0.2, 0.25) is 0 Å². The van der Waals surface area contributed by atoms with Crippen molar-refractivity contribution in [2.24, 2.45) is 0 Å². The molecule has 1 aromatic rings. The van der Waals surface area contributed by atoms with E-state index in [-0.39, 0.29) is 35.6 Å². The highest BCUT2D eigenvalue weighted by molar-refractivity contribution is 7.91. The van der Waals surface area contributed by atoms with Gasteiger partial charge in [-0.2, -0.15) is 5.10 Å². The molecule has 2 heterocycles. The minimum Gasteiger partial charge on any atom is -0.461 e. The van der Waals surface area contributed by atoms with Gasteiger partial charge in [0.15, 0.2) is 21.3 Å². The number of sulfone groups is 1. The maximum Gasteiger partial charge on any atom is 0.359 e. The monoisotopic (exact) mass is 326 g/mol. The maximum atomic E-state index is 12.2. The molecule has 1 fully saturated rings. The summed E-state index contributed by atoms with van der Waals surface area (Å²) in [6.07, 6.45) is 2.17. The lowest BCUT2D eigenvalue weighted by Crippen LogP contribution is -2.18. The first kappa shape index (κ1) is 15.2. The van der Waals surface area contributed by atoms with Gasteiger partial charge < -0.3 is 4.74 Å². The molecule has 1 unspecified atom stereocenters. The van der Waals surface area contributed by atoms with Crippen molar-refractivity contribution in [2.75, 3.05) is 18.1 Å². The van der Waals surface area contributed by atoms with Gasteiger partial charge in [0, 0.05) is 6.42 Å². The van der Waals surface area contributed by atoms with Crippen LogP contribution in [0, 0.1) is 0 Å². The fourth-order valence-corrected chi connectivity index (χ4v) is 4.85. The van der Waals surface area contributed by atoms with E-state index in [0.29, 0.717) is 36.9 Å². The maximum absolute atomic E-state index is 12.2. The van der Waals surface area contributed by atoms with Crippen molar-refractivity contribution < 1.29 is 22.7 Å². The summed E-state index contributed by atoms with van der Waals surface area (Å²) >= 11 is 0. The second kappa shape index (κ2) is 5.49. The molecule has 0 bridgehead atoms. The van der Waals surface area contributed by atoms with Crippen molar-refractivity contribution in [3.63, 3.8) is 0 Å². The Kier molecular flexibility index (Phi) is 3.80. The van der Waals surface area contributed by atoms with Crippen molar-refractivity contribution in [2.45, 2.75) is 38.6 Å². The lowest BCUT2D eigenvalue weighted by Gasteiger charge is -2.16. The van der Waals surface area contributed by atoms with Crippen LogP contribution in [0.5, 0.6) is 0 Å². The van der Waals surface area contributed by atoms with Gasteiger partial charge in [0.1, 0.15) is 0 Å². The van der Waals surface area contributed by atoms with Crippen LogP contribution in [-0.4, -0.2) is 48.1 Å². The minimum atomic E-state index is -3.07. The zero-order valence-electron chi connectivity index (χ0n) is 12.4. The van der Waals surface area contributed by atoms with Gasteiger partial charge in [-0.25, -0.2) is 13.2 Å².